The number of carbonyl (C=O) groups is 1. The molecular weight excluding hydrogens is 396 g/mol. The molecule has 0 spiro atoms. The highest BCUT2D eigenvalue weighted by Gasteiger charge is 2.21. The molecule has 6 nitrogen and oxygen atoms in total. The summed E-state index contributed by atoms with van der Waals surface area (Å²) in [7, 11) is -2.09. The highest BCUT2D eigenvalue weighted by Crippen LogP contribution is 2.23. The number of sulfonamides is 1. The number of anilines is 2. The standard InChI is InChI=1S/C16H17BrN2O4S/c1-23-13-9-7-12(8-10-13)19(24(2,21)22)11-16(20)18-15-6-4-3-5-14(15)17/h3-10H,11H2,1-2H3,(H,18,20). The van der Waals surface area contributed by atoms with E-state index in [4.69, 9.17) is 4.74 Å². The Morgan fingerprint density at radius 1 is 1.17 bits per heavy atom. The maximum atomic E-state index is 12.3. The van der Waals surface area contributed by atoms with Gasteiger partial charge in [-0.05, 0) is 52.3 Å². The molecule has 0 bridgehead atoms. The number of ether oxygens (including phenoxy) is 1. The number of methoxy groups -OCH3 is 1. The average Bonchev–Trinajstić information content (AvgIpc) is 2.54. The molecule has 0 atom stereocenters. The van der Waals surface area contributed by atoms with Crippen LogP contribution in [0, 0.1) is 0 Å². The van der Waals surface area contributed by atoms with Crippen LogP contribution < -0.4 is 14.4 Å². The minimum Gasteiger partial charge on any atom is -0.497 e. The Bertz CT molecular complexity index is 822. The molecule has 0 fully saturated rings. The summed E-state index contributed by atoms with van der Waals surface area (Å²) in [6, 6.07) is 13.6. The van der Waals surface area contributed by atoms with Gasteiger partial charge in [-0.1, -0.05) is 12.1 Å². The SMILES string of the molecule is COc1ccc(N(CC(=O)Nc2ccccc2Br)S(C)(=O)=O)cc1. The normalized spacial score (nSPS) is 11.0. The van der Waals surface area contributed by atoms with Crippen molar-refractivity contribution in [1.29, 1.82) is 0 Å². The van der Waals surface area contributed by atoms with E-state index >= 15 is 0 Å². The monoisotopic (exact) mass is 412 g/mol. The molecule has 2 aromatic carbocycles. The van der Waals surface area contributed by atoms with E-state index in [-0.39, 0.29) is 6.54 Å². The lowest BCUT2D eigenvalue weighted by molar-refractivity contribution is -0.114. The van der Waals surface area contributed by atoms with Gasteiger partial charge < -0.3 is 10.1 Å². The zero-order valence-corrected chi connectivity index (χ0v) is 15.6. The second kappa shape index (κ2) is 7.67. The molecule has 0 aliphatic rings. The number of hydrogen-bond donors (Lipinski definition) is 1. The summed E-state index contributed by atoms with van der Waals surface area (Å²) in [6.07, 6.45) is 1.06. The Morgan fingerprint density at radius 2 is 1.79 bits per heavy atom. The second-order valence-corrected chi connectivity index (χ2v) is 7.76. The predicted molar refractivity (Wildman–Crippen MR) is 98.0 cm³/mol. The van der Waals surface area contributed by atoms with Crippen molar-refractivity contribution in [2.24, 2.45) is 0 Å². The smallest absolute Gasteiger partial charge is 0.245 e. The first kappa shape index (κ1) is 18.3. The molecule has 0 saturated carbocycles. The summed E-state index contributed by atoms with van der Waals surface area (Å²) in [5.41, 5.74) is 0.964. The van der Waals surface area contributed by atoms with Crippen molar-refractivity contribution in [3.8, 4) is 5.75 Å². The van der Waals surface area contributed by atoms with Gasteiger partial charge in [-0.25, -0.2) is 8.42 Å². The Labute approximate surface area is 149 Å². The van der Waals surface area contributed by atoms with Crippen molar-refractivity contribution < 1.29 is 17.9 Å². The molecule has 0 unspecified atom stereocenters. The molecule has 0 aromatic heterocycles. The third kappa shape index (κ3) is 4.72. The maximum Gasteiger partial charge on any atom is 0.245 e. The molecule has 24 heavy (non-hydrogen) atoms. The molecule has 0 saturated heterocycles. The van der Waals surface area contributed by atoms with Gasteiger partial charge in [0.2, 0.25) is 15.9 Å². The fourth-order valence-corrected chi connectivity index (χ4v) is 3.27. The first-order valence-corrected chi connectivity index (χ1v) is 9.61. The van der Waals surface area contributed by atoms with Gasteiger partial charge in [-0.3, -0.25) is 9.10 Å². The van der Waals surface area contributed by atoms with Crippen LogP contribution >= 0.6 is 15.9 Å². The summed E-state index contributed by atoms with van der Waals surface area (Å²) in [4.78, 5) is 12.3. The predicted octanol–water partition coefficient (Wildman–Crippen LogP) is 2.86. The lowest BCUT2D eigenvalue weighted by Gasteiger charge is -2.22. The minimum absolute atomic E-state index is 0.327. The van der Waals surface area contributed by atoms with E-state index < -0.39 is 15.9 Å². The Hall–Kier alpha value is -2.06. The van der Waals surface area contributed by atoms with E-state index in [1.54, 1.807) is 42.5 Å². The number of hydrogen-bond acceptors (Lipinski definition) is 4. The van der Waals surface area contributed by atoms with Gasteiger partial charge in [-0.2, -0.15) is 0 Å². The molecular formula is C16H17BrN2O4S. The number of nitrogens with one attached hydrogen (secondary N) is 1. The van der Waals surface area contributed by atoms with Crippen LogP contribution in [-0.4, -0.2) is 34.2 Å². The third-order valence-corrected chi connectivity index (χ3v) is 5.03. The maximum absolute atomic E-state index is 12.3. The van der Waals surface area contributed by atoms with Crippen molar-refractivity contribution in [2.75, 3.05) is 29.5 Å². The molecule has 0 aliphatic heterocycles. The topological polar surface area (TPSA) is 75.7 Å². The highest BCUT2D eigenvalue weighted by atomic mass is 79.9. The second-order valence-electron chi connectivity index (χ2n) is 5.00. The van der Waals surface area contributed by atoms with Gasteiger partial charge in [-0.15, -0.1) is 0 Å². The number of benzene rings is 2. The first-order chi connectivity index (χ1) is 11.3. The highest BCUT2D eigenvalue weighted by molar-refractivity contribution is 9.10. The molecule has 2 rings (SSSR count). The largest absolute Gasteiger partial charge is 0.497 e. The number of para-hydroxylation sites is 1. The number of rotatable bonds is 6. The zero-order valence-electron chi connectivity index (χ0n) is 13.2. The van der Waals surface area contributed by atoms with Crippen LogP contribution in [0.25, 0.3) is 0 Å². The fourth-order valence-electron chi connectivity index (χ4n) is 2.03. The number of carbonyl (C=O) groups excluding carboxylic acids is 1. The average molecular weight is 413 g/mol. The fraction of sp³-hybridized carbons (Fsp3) is 0.188. The lowest BCUT2D eigenvalue weighted by atomic mass is 10.3. The molecule has 0 radical (unpaired) electrons. The molecule has 0 aliphatic carbocycles. The molecule has 1 N–H and O–H groups in total. The minimum atomic E-state index is -3.62. The van der Waals surface area contributed by atoms with Crippen molar-refractivity contribution in [2.45, 2.75) is 0 Å². The summed E-state index contributed by atoms with van der Waals surface area (Å²) in [5, 5.41) is 2.69. The van der Waals surface area contributed by atoms with Crippen LogP contribution in [0.1, 0.15) is 0 Å². The van der Waals surface area contributed by atoms with Gasteiger partial charge in [0.05, 0.1) is 24.7 Å². The van der Waals surface area contributed by atoms with Crippen molar-refractivity contribution in [3.05, 3.63) is 53.0 Å². The van der Waals surface area contributed by atoms with Crippen LogP contribution in [0.15, 0.2) is 53.0 Å². The van der Waals surface area contributed by atoms with E-state index in [1.165, 1.54) is 7.11 Å². The summed E-state index contributed by atoms with van der Waals surface area (Å²) in [6.45, 7) is -0.327. The van der Waals surface area contributed by atoms with Crippen molar-refractivity contribution >= 4 is 43.2 Å². The molecule has 128 valence electrons. The van der Waals surface area contributed by atoms with Crippen LogP contribution in [0.2, 0.25) is 0 Å². The molecule has 1 amide bonds. The zero-order chi connectivity index (χ0) is 17.7. The van der Waals surface area contributed by atoms with Crippen LogP contribution in [0.3, 0.4) is 0 Å². The van der Waals surface area contributed by atoms with Gasteiger partial charge >= 0.3 is 0 Å². The molecule has 0 heterocycles. The lowest BCUT2D eigenvalue weighted by Crippen LogP contribution is -2.37. The van der Waals surface area contributed by atoms with Crippen molar-refractivity contribution in [3.63, 3.8) is 0 Å². The van der Waals surface area contributed by atoms with Gasteiger partial charge in [0.25, 0.3) is 0 Å². The molecule has 2 aromatic rings. The van der Waals surface area contributed by atoms with E-state index in [1.807, 2.05) is 6.07 Å². The van der Waals surface area contributed by atoms with Gasteiger partial charge in [0, 0.05) is 4.47 Å². The van der Waals surface area contributed by atoms with Crippen molar-refractivity contribution in [1.82, 2.24) is 0 Å². The number of halogens is 1. The third-order valence-electron chi connectivity index (χ3n) is 3.20. The van der Waals surface area contributed by atoms with E-state index in [9.17, 15) is 13.2 Å². The van der Waals surface area contributed by atoms with E-state index in [0.29, 0.717) is 21.6 Å². The Balaban J connectivity index is 2.20. The van der Waals surface area contributed by atoms with Gasteiger partial charge in [0.1, 0.15) is 12.3 Å². The van der Waals surface area contributed by atoms with Gasteiger partial charge in [0.15, 0.2) is 0 Å². The van der Waals surface area contributed by atoms with Crippen LogP contribution in [0.5, 0.6) is 5.75 Å². The quantitative estimate of drug-likeness (QED) is 0.791. The van der Waals surface area contributed by atoms with E-state index in [0.717, 1.165) is 10.6 Å². The van der Waals surface area contributed by atoms with Crippen LogP contribution in [0.4, 0.5) is 11.4 Å². The number of amides is 1. The van der Waals surface area contributed by atoms with Crippen LogP contribution in [-0.2, 0) is 14.8 Å². The Kier molecular flexibility index (Phi) is 5.84. The summed E-state index contributed by atoms with van der Waals surface area (Å²) < 4.78 is 30.9. The molecule has 8 heteroatoms. The van der Waals surface area contributed by atoms with E-state index in [2.05, 4.69) is 21.2 Å². The first-order valence-electron chi connectivity index (χ1n) is 6.97. The Morgan fingerprint density at radius 3 is 2.33 bits per heavy atom. The summed E-state index contributed by atoms with van der Waals surface area (Å²) >= 11 is 3.33. The summed E-state index contributed by atoms with van der Waals surface area (Å²) in [5.74, 6) is 0.160. The number of nitrogens with zero attached hydrogens (tertiary/aromatic N) is 1.